The summed E-state index contributed by atoms with van der Waals surface area (Å²) in [4.78, 5) is 0. The van der Waals surface area contributed by atoms with Crippen molar-refractivity contribution in [2.24, 2.45) is 0 Å². The summed E-state index contributed by atoms with van der Waals surface area (Å²) in [5.74, 6) is 0. The van der Waals surface area contributed by atoms with E-state index < -0.39 is 8.07 Å². The molecule has 0 bridgehead atoms. The molecule has 2 aromatic carbocycles. The molecule has 0 saturated carbocycles. The van der Waals surface area contributed by atoms with Crippen LogP contribution in [0.5, 0.6) is 0 Å². The van der Waals surface area contributed by atoms with Gasteiger partial charge in [0.15, 0.2) is 0 Å². The van der Waals surface area contributed by atoms with Crippen LogP contribution < -0.4 is 10.4 Å². The Morgan fingerprint density at radius 2 is 1.33 bits per heavy atom. The first kappa shape index (κ1) is 17.9. The molecule has 0 spiro atoms. The highest BCUT2D eigenvalue weighted by Gasteiger charge is 2.27. The third-order valence-electron chi connectivity index (χ3n) is 3.31. The van der Waals surface area contributed by atoms with E-state index in [0.717, 1.165) is 0 Å². The predicted octanol–water partition coefficient (Wildman–Crippen LogP) is 4.48. The molecule has 2 rings (SSSR count). The van der Waals surface area contributed by atoms with Gasteiger partial charge in [0.25, 0.3) is 0 Å². The van der Waals surface area contributed by atoms with Crippen molar-refractivity contribution in [1.29, 1.82) is 0 Å². The number of nitrogens with one attached hydrogen (secondary N) is 1. The van der Waals surface area contributed by atoms with E-state index in [1.54, 1.807) is 0 Å². The van der Waals surface area contributed by atoms with Crippen LogP contribution in [0.15, 0.2) is 60.7 Å². The van der Waals surface area contributed by atoms with Crippen molar-refractivity contribution >= 4 is 21.8 Å². The van der Waals surface area contributed by atoms with E-state index in [9.17, 15) is 0 Å². The van der Waals surface area contributed by atoms with Crippen molar-refractivity contribution in [3.05, 3.63) is 66.2 Å². The molecule has 0 aliphatic heterocycles. The first-order valence-corrected chi connectivity index (χ1v) is 8.49. The number of hydrogen-bond acceptors (Lipinski definition) is 1. The van der Waals surface area contributed by atoms with Crippen LogP contribution in [0.2, 0.25) is 0 Å². The van der Waals surface area contributed by atoms with E-state index in [-0.39, 0.29) is 13.6 Å². The number of hydrogen-bond donors (Lipinski definition) is 1. The van der Waals surface area contributed by atoms with Gasteiger partial charge in [0.1, 0.15) is 0 Å². The van der Waals surface area contributed by atoms with Gasteiger partial charge in [-0.3, -0.25) is 5.09 Å². The van der Waals surface area contributed by atoms with Gasteiger partial charge in [-0.05, 0) is 31.0 Å². The van der Waals surface area contributed by atoms with Crippen molar-refractivity contribution < 1.29 is 0 Å². The molecule has 1 nitrogen and oxygen atoms in total. The minimum atomic E-state index is -0.410. The molecule has 0 aliphatic carbocycles. The maximum absolute atomic E-state index is 3.85. The topological polar surface area (TPSA) is 12.0 Å². The van der Waals surface area contributed by atoms with Crippen LogP contribution in [0.4, 0.5) is 0 Å². The summed E-state index contributed by atoms with van der Waals surface area (Å²) in [6.07, 6.45) is 0. The monoisotopic (exact) mass is 296 g/mol. The molecule has 0 saturated heterocycles. The lowest BCUT2D eigenvalue weighted by Gasteiger charge is -2.34. The molecule has 2 aromatic rings. The van der Waals surface area contributed by atoms with Gasteiger partial charge in [0.2, 0.25) is 0 Å². The molecule has 1 N–H and O–H groups in total. The zero-order valence-electron chi connectivity index (χ0n) is 13.4. The first-order chi connectivity index (χ1) is 9.48. The van der Waals surface area contributed by atoms with Crippen molar-refractivity contribution in [3.63, 3.8) is 0 Å². The van der Waals surface area contributed by atoms with E-state index in [2.05, 4.69) is 93.4 Å². The molecule has 2 unspecified atom stereocenters. The number of benzene rings is 2. The summed E-state index contributed by atoms with van der Waals surface area (Å²) in [5, 5.41) is 5.50. The lowest BCUT2D eigenvalue weighted by atomic mass is 10.1. The fourth-order valence-electron chi connectivity index (χ4n) is 2.24. The van der Waals surface area contributed by atoms with Crippen LogP contribution in [-0.4, -0.2) is 13.6 Å². The van der Waals surface area contributed by atoms with Gasteiger partial charge in [0.05, 0.1) is 0 Å². The summed E-state index contributed by atoms with van der Waals surface area (Å²) in [6, 6.07) is 21.9. The Balaban J connectivity index is 0.00000220. The minimum Gasteiger partial charge on any atom is -0.285 e. The molecule has 0 aromatic heterocycles. The fraction of sp³-hybridized carbons (Fsp3) is 0.333. The first-order valence-electron chi connectivity index (χ1n) is 7.15. The summed E-state index contributed by atoms with van der Waals surface area (Å²) < 4.78 is 0. The fourth-order valence-corrected chi connectivity index (χ4v) is 4.56. The quantitative estimate of drug-likeness (QED) is 0.648. The van der Waals surface area contributed by atoms with Crippen molar-refractivity contribution in [2.75, 3.05) is 0 Å². The van der Waals surface area contributed by atoms with Crippen LogP contribution in [0.1, 0.15) is 39.3 Å². The maximum atomic E-state index is 3.85. The Bertz CT molecular complexity index is 522. The molecular formula is C18H24BNP. The Morgan fingerprint density at radius 1 is 0.857 bits per heavy atom. The molecular weight excluding hydrogens is 272 g/mol. The molecule has 0 heterocycles. The molecule has 109 valence electrons. The van der Waals surface area contributed by atoms with Crippen LogP contribution in [-0.2, 0) is 0 Å². The zero-order chi connectivity index (χ0) is 14.6. The molecule has 0 amide bonds. The van der Waals surface area contributed by atoms with Gasteiger partial charge in [0, 0.05) is 14.5 Å². The Morgan fingerprint density at radius 3 is 1.81 bits per heavy atom. The third-order valence-corrected chi connectivity index (χ3v) is 6.11. The van der Waals surface area contributed by atoms with Crippen LogP contribution in [0.3, 0.4) is 0 Å². The molecule has 0 fully saturated rings. The Hall–Kier alpha value is -1.11. The number of rotatable bonds is 4. The van der Waals surface area contributed by atoms with E-state index in [1.807, 2.05) is 0 Å². The minimum absolute atomic E-state index is 0. The van der Waals surface area contributed by atoms with Crippen LogP contribution >= 0.6 is 8.07 Å². The van der Waals surface area contributed by atoms with Crippen molar-refractivity contribution in [1.82, 2.24) is 5.09 Å². The van der Waals surface area contributed by atoms with Crippen molar-refractivity contribution in [2.45, 2.75) is 38.9 Å². The van der Waals surface area contributed by atoms with E-state index in [1.165, 1.54) is 10.9 Å². The molecule has 3 radical (unpaired) electrons. The standard InChI is InChI=1S/C18H24NP.B/c1-15(16-11-7-5-8-12-16)19-20(18(2,3)4)17-13-9-6-10-14-17;/h5-15,19H,1-4H3;. The molecule has 2 atom stereocenters. The van der Waals surface area contributed by atoms with Gasteiger partial charge in [-0.2, -0.15) is 0 Å². The summed E-state index contributed by atoms with van der Waals surface area (Å²) in [7, 11) is -0.410. The van der Waals surface area contributed by atoms with Gasteiger partial charge >= 0.3 is 0 Å². The second-order valence-electron chi connectivity index (χ2n) is 6.10. The van der Waals surface area contributed by atoms with E-state index >= 15 is 0 Å². The van der Waals surface area contributed by atoms with Gasteiger partial charge in [-0.1, -0.05) is 81.4 Å². The largest absolute Gasteiger partial charge is 0.285 e. The smallest absolute Gasteiger partial charge is 0.0330 e. The zero-order valence-corrected chi connectivity index (χ0v) is 14.3. The van der Waals surface area contributed by atoms with E-state index in [0.29, 0.717) is 6.04 Å². The summed E-state index contributed by atoms with van der Waals surface area (Å²) >= 11 is 0. The van der Waals surface area contributed by atoms with Crippen molar-refractivity contribution in [3.8, 4) is 0 Å². The normalized spacial score (nSPS) is 14.1. The maximum Gasteiger partial charge on any atom is 0.0330 e. The lowest BCUT2D eigenvalue weighted by molar-refractivity contribution is 0.705. The Kier molecular flexibility index (Phi) is 6.64. The SMILES string of the molecule is CC(NP(c1ccccc1)C(C)(C)C)c1ccccc1.[B]. The average Bonchev–Trinajstić information content (AvgIpc) is 2.45. The third kappa shape index (κ3) is 4.98. The highest BCUT2D eigenvalue weighted by atomic mass is 31.1. The Labute approximate surface area is 132 Å². The highest BCUT2D eigenvalue weighted by molar-refractivity contribution is 7.65. The van der Waals surface area contributed by atoms with Crippen LogP contribution in [0.25, 0.3) is 0 Å². The van der Waals surface area contributed by atoms with Gasteiger partial charge in [-0.25, -0.2) is 0 Å². The van der Waals surface area contributed by atoms with Gasteiger partial charge in [-0.15, -0.1) is 0 Å². The van der Waals surface area contributed by atoms with Crippen LogP contribution in [0, 0.1) is 0 Å². The summed E-state index contributed by atoms with van der Waals surface area (Å²) in [5.41, 5.74) is 1.35. The summed E-state index contributed by atoms with van der Waals surface area (Å²) in [6.45, 7) is 9.20. The molecule has 0 aliphatic rings. The predicted molar refractivity (Wildman–Crippen MR) is 96.5 cm³/mol. The average molecular weight is 296 g/mol. The highest BCUT2D eigenvalue weighted by Crippen LogP contribution is 2.46. The second kappa shape index (κ2) is 7.78. The lowest BCUT2D eigenvalue weighted by Crippen LogP contribution is -2.30. The van der Waals surface area contributed by atoms with E-state index in [4.69, 9.17) is 0 Å². The molecule has 3 heteroatoms. The molecule has 21 heavy (non-hydrogen) atoms. The van der Waals surface area contributed by atoms with Gasteiger partial charge < -0.3 is 0 Å². The second-order valence-corrected chi connectivity index (χ2v) is 8.89.